The number of aromatic nitrogens is 1. The maximum absolute atomic E-state index is 12.2. The van der Waals surface area contributed by atoms with Gasteiger partial charge in [0.1, 0.15) is 5.56 Å². The van der Waals surface area contributed by atoms with Crippen LogP contribution in [0.15, 0.2) is 18.3 Å². The molecule has 5 nitrogen and oxygen atoms in total. The summed E-state index contributed by atoms with van der Waals surface area (Å²) >= 11 is 0. The number of carbonyl (C=O) groups excluding carboxylic acids is 1. The van der Waals surface area contributed by atoms with Crippen LogP contribution in [0.5, 0.6) is 5.88 Å². The van der Waals surface area contributed by atoms with Gasteiger partial charge in [-0.05, 0) is 38.1 Å². The third kappa shape index (κ3) is 7.24. The molecule has 1 aromatic rings. The third-order valence-electron chi connectivity index (χ3n) is 3.06. The molecule has 2 heterocycles. The lowest BCUT2D eigenvalue weighted by molar-refractivity contribution is -0.154. The SMILES string of the molecule is Cl.Cl.O=C(NC1CCNCC1)c1cccnc1OCC(F)(F)F. The molecule has 1 amide bonds. The zero-order chi connectivity index (χ0) is 15.3. The van der Waals surface area contributed by atoms with Crippen LogP contribution < -0.4 is 15.4 Å². The summed E-state index contributed by atoms with van der Waals surface area (Å²) in [5.41, 5.74) is 0.0142. The Balaban J connectivity index is 0.00000242. The van der Waals surface area contributed by atoms with E-state index in [0.29, 0.717) is 0 Å². The molecule has 0 aliphatic carbocycles. The standard InChI is InChI=1S/C13H16F3N3O2.2ClH/c14-13(15,16)8-21-12-10(2-1-5-18-12)11(20)19-9-3-6-17-7-4-9;;/h1-2,5,9,17H,3-4,6-8H2,(H,19,20);2*1H. The van der Waals surface area contributed by atoms with E-state index in [2.05, 4.69) is 20.4 Å². The fourth-order valence-electron chi connectivity index (χ4n) is 2.06. The van der Waals surface area contributed by atoms with E-state index in [4.69, 9.17) is 0 Å². The number of nitrogens with zero attached hydrogens (tertiary/aromatic N) is 1. The second kappa shape index (κ2) is 9.79. The van der Waals surface area contributed by atoms with Gasteiger partial charge in [0, 0.05) is 12.2 Å². The molecule has 1 aromatic heterocycles. The van der Waals surface area contributed by atoms with E-state index in [1.54, 1.807) is 0 Å². The largest absolute Gasteiger partial charge is 0.467 e. The van der Waals surface area contributed by atoms with E-state index >= 15 is 0 Å². The van der Waals surface area contributed by atoms with Crippen LogP contribution in [0.1, 0.15) is 23.2 Å². The maximum atomic E-state index is 12.2. The van der Waals surface area contributed by atoms with E-state index in [1.165, 1.54) is 18.3 Å². The van der Waals surface area contributed by atoms with Crippen LogP contribution in [0, 0.1) is 0 Å². The molecule has 1 saturated heterocycles. The average molecular weight is 376 g/mol. The van der Waals surface area contributed by atoms with Gasteiger partial charge >= 0.3 is 6.18 Å². The predicted octanol–water partition coefficient (Wildman–Crippen LogP) is 2.35. The molecular formula is C13H18Cl2F3N3O2. The Labute approximate surface area is 144 Å². The number of pyridine rings is 1. The van der Waals surface area contributed by atoms with Gasteiger partial charge in [-0.25, -0.2) is 4.98 Å². The summed E-state index contributed by atoms with van der Waals surface area (Å²) in [5.74, 6) is -0.770. The first-order valence-electron chi connectivity index (χ1n) is 6.62. The number of halogens is 5. The van der Waals surface area contributed by atoms with Crippen molar-refractivity contribution in [3.05, 3.63) is 23.9 Å². The molecule has 1 aliphatic heterocycles. The third-order valence-corrected chi connectivity index (χ3v) is 3.06. The van der Waals surface area contributed by atoms with Crippen LogP contribution in [0.3, 0.4) is 0 Å². The number of ether oxygens (including phenoxy) is 1. The highest BCUT2D eigenvalue weighted by molar-refractivity contribution is 5.96. The highest BCUT2D eigenvalue weighted by Gasteiger charge is 2.30. The van der Waals surface area contributed by atoms with Crippen LogP contribution in [0.4, 0.5) is 13.2 Å². The van der Waals surface area contributed by atoms with Crippen molar-refractivity contribution >= 4 is 30.7 Å². The summed E-state index contributed by atoms with van der Waals surface area (Å²) in [6.07, 6.45) is -1.62. The molecule has 0 atom stereocenters. The number of hydrogen-bond donors (Lipinski definition) is 2. The summed E-state index contributed by atoms with van der Waals surface area (Å²) in [4.78, 5) is 15.8. The number of hydrogen-bond acceptors (Lipinski definition) is 4. The van der Waals surface area contributed by atoms with Crippen molar-refractivity contribution in [2.24, 2.45) is 0 Å². The van der Waals surface area contributed by atoms with Gasteiger partial charge in [-0.15, -0.1) is 24.8 Å². The number of amides is 1. The van der Waals surface area contributed by atoms with Gasteiger partial charge in [-0.2, -0.15) is 13.2 Å². The highest BCUT2D eigenvalue weighted by Crippen LogP contribution is 2.20. The van der Waals surface area contributed by atoms with Crippen molar-refractivity contribution in [2.75, 3.05) is 19.7 Å². The lowest BCUT2D eigenvalue weighted by atomic mass is 10.1. The molecular weight excluding hydrogens is 358 g/mol. The molecule has 0 aromatic carbocycles. The topological polar surface area (TPSA) is 63.2 Å². The Morgan fingerprint density at radius 1 is 1.35 bits per heavy atom. The molecule has 2 rings (SSSR count). The van der Waals surface area contributed by atoms with Gasteiger partial charge in [0.2, 0.25) is 5.88 Å². The van der Waals surface area contributed by atoms with E-state index in [-0.39, 0.29) is 42.3 Å². The Morgan fingerprint density at radius 3 is 2.61 bits per heavy atom. The van der Waals surface area contributed by atoms with Gasteiger partial charge in [0.05, 0.1) is 0 Å². The molecule has 0 bridgehead atoms. The van der Waals surface area contributed by atoms with Crippen molar-refractivity contribution in [2.45, 2.75) is 25.1 Å². The van der Waals surface area contributed by atoms with Gasteiger partial charge in [-0.1, -0.05) is 0 Å². The zero-order valence-electron chi connectivity index (χ0n) is 12.1. The van der Waals surface area contributed by atoms with Gasteiger partial charge in [0.15, 0.2) is 6.61 Å². The Morgan fingerprint density at radius 2 is 2.00 bits per heavy atom. The minimum absolute atomic E-state index is 0. The second-order valence-corrected chi connectivity index (χ2v) is 4.76. The quantitative estimate of drug-likeness (QED) is 0.847. The van der Waals surface area contributed by atoms with Crippen molar-refractivity contribution in [3.63, 3.8) is 0 Å². The summed E-state index contributed by atoms with van der Waals surface area (Å²) in [6, 6.07) is 2.89. The molecule has 132 valence electrons. The summed E-state index contributed by atoms with van der Waals surface area (Å²) < 4.78 is 41.2. The Bertz CT molecular complexity index is 498. The number of carbonyl (C=O) groups is 1. The average Bonchev–Trinajstić information content (AvgIpc) is 2.46. The number of nitrogens with one attached hydrogen (secondary N) is 2. The minimum atomic E-state index is -4.47. The first-order valence-corrected chi connectivity index (χ1v) is 6.62. The van der Waals surface area contributed by atoms with Crippen LogP contribution in [0.25, 0.3) is 0 Å². The monoisotopic (exact) mass is 375 g/mol. The van der Waals surface area contributed by atoms with Crippen molar-refractivity contribution in [1.29, 1.82) is 0 Å². The van der Waals surface area contributed by atoms with E-state index in [1.807, 2.05) is 0 Å². The lowest BCUT2D eigenvalue weighted by Gasteiger charge is -2.24. The minimum Gasteiger partial charge on any atom is -0.467 e. The fraction of sp³-hybridized carbons (Fsp3) is 0.538. The van der Waals surface area contributed by atoms with Crippen LogP contribution in [0.2, 0.25) is 0 Å². The molecule has 10 heteroatoms. The zero-order valence-corrected chi connectivity index (χ0v) is 13.7. The van der Waals surface area contributed by atoms with Crippen LogP contribution in [-0.4, -0.2) is 42.8 Å². The smallest absolute Gasteiger partial charge is 0.422 e. The molecule has 0 unspecified atom stereocenters. The first kappa shape index (κ1) is 21.8. The summed E-state index contributed by atoms with van der Waals surface area (Å²) in [7, 11) is 0. The molecule has 0 spiro atoms. The Hall–Kier alpha value is -1.25. The van der Waals surface area contributed by atoms with E-state index in [0.717, 1.165) is 25.9 Å². The Kier molecular flexibility index (Phi) is 9.26. The van der Waals surface area contributed by atoms with Gasteiger partial charge < -0.3 is 15.4 Å². The number of piperidine rings is 1. The molecule has 0 saturated carbocycles. The first-order chi connectivity index (χ1) is 9.96. The number of alkyl halides is 3. The van der Waals surface area contributed by atoms with Crippen molar-refractivity contribution < 1.29 is 22.7 Å². The lowest BCUT2D eigenvalue weighted by Crippen LogP contribution is -2.42. The van der Waals surface area contributed by atoms with Crippen LogP contribution in [-0.2, 0) is 0 Å². The van der Waals surface area contributed by atoms with Crippen molar-refractivity contribution in [3.8, 4) is 5.88 Å². The summed E-state index contributed by atoms with van der Waals surface area (Å²) in [6.45, 7) is 0.127. The molecule has 1 fully saturated rings. The fourth-order valence-corrected chi connectivity index (χ4v) is 2.06. The summed E-state index contributed by atoms with van der Waals surface area (Å²) in [5, 5.41) is 5.96. The van der Waals surface area contributed by atoms with Crippen molar-refractivity contribution in [1.82, 2.24) is 15.6 Å². The van der Waals surface area contributed by atoms with Gasteiger partial charge in [-0.3, -0.25) is 4.79 Å². The number of rotatable bonds is 4. The molecule has 2 N–H and O–H groups in total. The maximum Gasteiger partial charge on any atom is 0.422 e. The normalized spacial score (nSPS) is 15.1. The molecule has 1 aliphatic rings. The predicted molar refractivity (Wildman–Crippen MR) is 83.6 cm³/mol. The second-order valence-electron chi connectivity index (χ2n) is 4.76. The van der Waals surface area contributed by atoms with Gasteiger partial charge in [0.25, 0.3) is 5.91 Å². The molecule has 0 radical (unpaired) electrons. The molecule has 23 heavy (non-hydrogen) atoms. The van der Waals surface area contributed by atoms with Crippen LogP contribution >= 0.6 is 24.8 Å². The van der Waals surface area contributed by atoms with E-state index in [9.17, 15) is 18.0 Å². The highest BCUT2D eigenvalue weighted by atomic mass is 35.5. The van der Waals surface area contributed by atoms with E-state index < -0.39 is 18.7 Å².